The van der Waals surface area contributed by atoms with Crippen LogP contribution in [0.1, 0.15) is 12.0 Å². The number of rotatable bonds is 0. The van der Waals surface area contributed by atoms with E-state index in [1.807, 2.05) is 12.1 Å². The summed E-state index contributed by atoms with van der Waals surface area (Å²) in [6, 6.07) is 5.98. The van der Waals surface area contributed by atoms with Crippen molar-refractivity contribution in [3.8, 4) is 0 Å². The standard InChI is InChI=1S/C9H8INO/c10-7-2-1-3-8-6(7)4-5-9(12)11-8/h1-3H,4-5H2,(H,11,12). The molecule has 12 heavy (non-hydrogen) atoms. The van der Waals surface area contributed by atoms with Crippen LogP contribution in [0.15, 0.2) is 18.2 Å². The van der Waals surface area contributed by atoms with Crippen molar-refractivity contribution in [2.75, 3.05) is 5.32 Å². The SMILES string of the molecule is O=C1CCc2c(I)cccc2N1. The van der Waals surface area contributed by atoms with E-state index in [1.54, 1.807) is 0 Å². The van der Waals surface area contributed by atoms with Crippen molar-refractivity contribution in [2.24, 2.45) is 0 Å². The van der Waals surface area contributed by atoms with Gasteiger partial charge in [-0.05, 0) is 46.7 Å². The maximum atomic E-state index is 11.0. The molecule has 62 valence electrons. The van der Waals surface area contributed by atoms with Crippen LogP contribution >= 0.6 is 22.6 Å². The number of benzene rings is 1. The second kappa shape index (κ2) is 3.05. The summed E-state index contributed by atoms with van der Waals surface area (Å²) in [5, 5.41) is 2.86. The highest BCUT2D eigenvalue weighted by Gasteiger charge is 2.15. The zero-order valence-corrected chi connectivity index (χ0v) is 8.59. The number of amides is 1. The lowest BCUT2D eigenvalue weighted by Crippen LogP contribution is -2.19. The molecule has 0 aromatic heterocycles. The molecule has 0 saturated heterocycles. The maximum Gasteiger partial charge on any atom is 0.224 e. The Morgan fingerprint density at radius 1 is 1.33 bits per heavy atom. The minimum Gasteiger partial charge on any atom is -0.326 e. The fraction of sp³-hybridized carbons (Fsp3) is 0.222. The normalized spacial score (nSPS) is 15.2. The molecule has 1 aromatic rings. The molecule has 0 unspecified atom stereocenters. The van der Waals surface area contributed by atoms with E-state index in [9.17, 15) is 4.79 Å². The lowest BCUT2D eigenvalue weighted by atomic mass is 10.0. The van der Waals surface area contributed by atoms with Crippen LogP contribution in [0, 0.1) is 3.57 Å². The van der Waals surface area contributed by atoms with Gasteiger partial charge in [-0.25, -0.2) is 0 Å². The zero-order valence-electron chi connectivity index (χ0n) is 6.43. The van der Waals surface area contributed by atoms with Gasteiger partial charge in [0.05, 0.1) is 0 Å². The molecular weight excluding hydrogens is 265 g/mol. The van der Waals surface area contributed by atoms with Crippen molar-refractivity contribution in [1.29, 1.82) is 0 Å². The molecular formula is C9H8INO. The van der Waals surface area contributed by atoms with Crippen LogP contribution in [-0.4, -0.2) is 5.91 Å². The van der Waals surface area contributed by atoms with Crippen molar-refractivity contribution in [1.82, 2.24) is 0 Å². The van der Waals surface area contributed by atoms with Crippen LogP contribution in [0.25, 0.3) is 0 Å². The highest BCUT2D eigenvalue weighted by molar-refractivity contribution is 14.1. The summed E-state index contributed by atoms with van der Waals surface area (Å²) in [5.74, 6) is 0.129. The summed E-state index contributed by atoms with van der Waals surface area (Å²) >= 11 is 2.30. The predicted molar refractivity (Wildman–Crippen MR) is 56.1 cm³/mol. The predicted octanol–water partition coefficient (Wildman–Crippen LogP) is 2.18. The van der Waals surface area contributed by atoms with Crippen molar-refractivity contribution >= 4 is 34.2 Å². The minimum atomic E-state index is 0.129. The molecule has 1 aliphatic heterocycles. The number of carbonyl (C=O) groups is 1. The van der Waals surface area contributed by atoms with E-state index in [4.69, 9.17) is 0 Å². The first-order valence-electron chi connectivity index (χ1n) is 3.84. The molecule has 1 amide bonds. The van der Waals surface area contributed by atoms with E-state index in [0.29, 0.717) is 6.42 Å². The molecule has 0 fully saturated rings. The first-order chi connectivity index (χ1) is 5.77. The Kier molecular flexibility index (Phi) is 2.04. The van der Waals surface area contributed by atoms with Gasteiger partial charge in [-0.2, -0.15) is 0 Å². The number of anilines is 1. The number of hydrogen-bond acceptors (Lipinski definition) is 1. The molecule has 0 aliphatic carbocycles. The van der Waals surface area contributed by atoms with Gasteiger partial charge in [-0.1, -0.05) is 6.07 Å². The van der Waals surface area contributed by atoms with E-state index in [-0.39, 0.29) is 5.91 Å². The van der Waals surface area contributed by atoms with Crippen molar-refractivity contribution < 1.29 is 4.79 Å². The molecule has 3 heteroatoms. The second-order valence-corrected chi connectivity index (χ2v) is 3.98. The Balaban J connectivity index is 2.48. The Morgan fingerprint density at radius 2 is 2.17 bits per heavy atom. The van der Waals surface area contributed by atoms with Gasteiger partial charge >= 0.3 is 0 Å². The topological polar surface area (TPSA) is 29.1 Å². The molecule has 2 nitrogen and oxygen atoms in total. The number of fused-ring (bicyclic) bond motifs is 1. The first kappa shape index (κ1) is 8.04. The van der Waals surface area contributed by atoms with Gasteiger partial charge < -0.3 is 5.32 Å². The molecule has 0 atom stereocenters. The van der Waals surface area contributed by atoms with Crippen LogP contribution < -0.4 is 5.32 Å². The average Bonchev–Trinajstić information content (AvgIpc) is 2.04. The smallest absolute Gasteiger partial charge is 0.224 e. The van der Waals surface area contributed by atoms with Crippen LogP contribution in [0.4, 0.5) is 5.69 Å². The Labute approximate surface area is 84.5 Å². The minimum absolute atomic E-state index is 0.129. The van der Waals surface area contributed by atoms with E-state index in [1.165, 1.54) is 9.13 Å². The molecule has 1 aliphatic rings. The van der Waals surface area contributed by atoms with Crippen LogP contribution in [0.2, 0.25) is 0 Å². The fourth-order valence-corrected chi connectivity index (χ4v) is 2.15. The van der Waals surface area contributed by atoms with Crippen LogP contribution in [0.5, 0.6) is 0 Å². The van der Waals surface area contributed by atoms with Crippen molar-refractivity contribution in [2.45, 2.75) is 12.8 Å². The Hall–Kier alpha value is -0.580. The van der Waals surface area contributed by atoms with Gasteiger partial charge in [-0.3, -0.25) is 4.79 Å². The van der Waals surface area contributed by atoms with Gasteiger partial charge in [0.25, 0.3) is 0 Å². The maximum absolute atomic E-state index is 11.0. The zero-order chi connectivity index (χ0) is 8.55. The number of nitrogens with one attached hydrogen (secondary N) is 1. The van der Waals surface area contributed by atoms with E-state index in [0.717, 1.165) is 12.1 Å². The number of carbonyl (C=O) groups excluding carboxylic acids is 1. The summed E-state index contributed by atoms with van der Waals surface area (Å²) in [6.07, 6.45) is 1.49. The van der Waals surface area contributed by atoms with Gasteiger partial charge in [0.1, 0.15) is 0 Å². The van der Waals surface area contributed by atoms with Gasteiger partial charge in [0, 0.05) is 15.7 Å². The molecule has 0 spiro atoms. The Morgan fingerprint density at radius 3 is 3.00 bits per heavy atom. The second-order valence-electron chi connectivity index (χ2n) is 2.81. The summed E-state index contributed by atoms with van der Waals surface area (Å²) < 4.78 is 1.24. The summed E-state index contributed by atoms with van der Waals surface area (Å²) in [5.41, 5.74) is 2.26. The lowest BCUT2D eigenvalue weighted by molar-refractivity contribution is -0.116. The lowest BCUT2D eigenvalue weighted by Gasteiger charge is -2.17. The summed E-state index contributed by atoms with van der Waals surface area (Å²) in [4.78, 5) is 11.0. The van der Waals surface area contributed by atoms with Crippen LogP contribution in [-0.2, 0) is 11.2 Å². The Bertz CT molecular complexity index is 335. The molecule has 1 aromatic carbocycles. The van der Waals surface area contributed by atoms with E-state index >= 15 is 0 Å². The highest BCUT2D eigenvalue weighted by atomic mass is 127. The molecule has 0 bridgehead atoms. The fourth-order valence-electron chi connectivity index (χ4n) is 1.38. The molecule has 1 heterocycles. The number of hydrogen-bond donors (Lipinski definition) is 1. The third kappa shape index (κ3) is 1.33. The van der Waals surface area contributed by atoms with Crippen molar-refractivity contribution in [3.63, 3.8) is 0 Å². The molecule has 0 saturated carbocycles. The van der Waals surface area contributed by atoms with Crippen molar-refractivity contribution in [3.05, 3.63) is 27.3 Å². The molecule has 2 rings (SSSR count). The first-order valence-corrected chi connectivity index (χ1v) is 4.92. The quantitative estimate of drug-likeness (QED) is 0.721. The largest absolute Gasteiger partial charge is 0.326 e. The van der Waals surface area contributed by atoms with E-state index < -0.39 is 0 Å². The van der Waals surface area contributed by atoms with Gasteiger partial charge in [0.2, 0.25) is 5.91 Å². The third-order valence-electron chi connectivity index (χ3n) is 2.00. The van der Waals surface area contributed by atoms with Crippen LogP contribution in [0.3, 0.4) is 0 Å². The van der Waals surface area contributed by atoms with Gasteiger partial charge in [-0.15, -0.1) is 0 Å². The molecule has 0 radical (unpaired) electrons. The highest BCUT2D eigenvalue weighted by Crippen LogP contribution is 2.26. The van der Waals surface area contributed by atoms with Gasteiger partial charge in [0.15, 0.2) is 0 Å². The monoisotopic (exact) mass is 273 g/mol. The third-order valence-corrected chi connectivity index (χ3v) is 3.01. The molecule has 1 N–H and O–H groups in total. The summed E-state index contributed by atoms with van der Waals surface area (Å²) in [7, 11) is 0. The summed E-state index contributed by atoms with van der Waals surface area (Å²) in [6.45, 7) is 0. The average molecular weight is 273 g/mol. The van der Waals surface area contributed by atoms with E-state index in [2.05, 4.69) is 34.0 Å². The number of halogens is 1.